The molecule has 2 aliphatic heterocycles. The number of ether oxygens (including phenoxy) is 2. The van der Waals surface area contributed by atoms with E-state index in [1.165, 1.54) is 25.7 Å². The molecule has 266 valence electrons. The van der Waals surface area contributed by atoms with E-state index in [9.17, 15) is 9.59 Å². The summed E-state index contributed by atoms with van der Waals surface area (Å²) in [5.41, 5.74) is -0.738. The standard InChI is InChI=1S/C38H68N2O6/c1-35(2)25-31(26-36(3,4)39(35)45-29-19-15-16-20-29)43-33(41)23-13-11-9-10-12-14-24-34(42)44-32-27-37(5,6)40(38(7,8)28-32)46-30-21-17-18-22-30/h29-32H,9-28H2,1-8H3. The third-order valence-corrected chi connectivity index (χ3v) is 10.8. The van der Waals surface area contributed by atoms with E-state index in [0.29, 0.717) is 25.0 Å². The van der Waals surface area contributed by atoms with E-state index in [2.05, 4.69) is 65.5 Å². The van der Waals surface area contributed by atoms with Gasteiger partial charge in [-0.25, -0.2) is 0 Å². The number of hydrogen-bond donors (Lipinski definition) is 0. The molecule has 4 rings (SSSR count). The minimum atomic E-state index is -0.184. The third-order valence-electron chi connectivity index (χ3n) is 10.8. The second-order valence-corrected chi connectivity index (χ2v) is 17.5. The lowest BCUT2D eigenvalue weighted by molar-refractivity contribution is -0.313. The number of carbonyl (C=O) groups is 2. The van der Waals surface area contributed by atoms with Crippen LogP contribution in [0.5, 0.6) is 0 Å². The minimum Gasteiger partial charge on any atom is -0.462 e. The highest BCUT2D eigenvalue weighted by molar-refractivity contribution is 5.69. The van der Waals surface area contributed by atoms with Gasteiger partial charge >= 0.3 is 11.9 Å². The van der Waals surface area contributed by atoms with Gasteiger partial charge in [0.15, 0.2) is 0 Å². The number of piperidine rings is 2. The van der Waals surface area contributed by atoms with E-state index in [1.807, 2.05) is 0 Å². The maximum atomic E-state index is 12.7. The summed E-state index contributed by atoms with van der Waals surface area (Å²) in [5.74, 6) is -0.154. The summed E-state index contributed by atoms with van der Waals surface area (Å²) in [6.45, 7) is 17.7. The van der Waals surface area contributed by atoms with Crippen molar-refractivity contribution in [3.05, 3.63) is 0 Å². The highest BCUT2D eigenvalue weighted by Crippen LogP contribution is 2.43. The van der Waals surface area contributed by atoms with Crippen molar-refractivity contribution in [1.29, 1.82) is 0 Å². The largest absolute Gasteiger partial charge is 0.462 e. The number of hydroxylamine groups is 4. The summed E-state index contributed by atoms with van der Waals surface area (Å²) in [6, 6.07) is 0. The van der Waals surface area contributed by atoms with Gasteiger partial charge in [0.1, 0.15) is 12.2 Å². The summed E-state index contributed by atoms with van der Waals surface area (Å²) in [5, 5.41) is 4.41. The first-order valence-corrected chi connectivity index (χ1v) is 18.9. The van der Waals surface area contributed by atoms with Gasteiger partial charge in [-0.1, -0.05) is 51.4 Å². The van der Waals surface area contributed by atoms with Gasteiger partial charge in [0.2, 0.25) is 0 Å². The molecule has 8 nitrogen and oxygen atoms in total. The fraction of sp³-hybridized carbons (Fsp3) is 0.947. The lowest BCUT2D eigenvalue weighted by Crippen LogP contribution is -2.62. The van der Waals surface area contributed by atoms with Crippen molar-refractivity contribution in [2.45, 2.75) is 230 Å². The van der Waals surface area contributed by atoms with Crippen LogP contribution in [0, 0.1) is 0 Å². The zero-order chi connectivity index (χ0) is 33.6. The summed E-state index contributed by atoms with van der Waals surface area (Å²) >= 11 is 0. The van der Waals surface area contributed by atoms with E-state index < -0.39 is 0 Å². The highest BCUT2D eigenvalue weighted by Gasteiger charge is 2.50. The SMILES string of the molecule is CC1(C)CC(OC(=O)CCCCCCCCC(=O)OC2CC(C)(C)N(OC3CCCC3)C(C)(C)C2)CC(C)(C)N1OC1CCCC1. The van der Waals surface area contributed by atoms with Crippen LogP contribution in [0.1, 0.15) is 184 Å². The Kier molecular flexibility index (Phi) is 13.1. The summed E-state index contributed by atoms with van der Waals surface area (Å²) in [4.78, 5) is 38.4. The molecule has 0 bridgehead atoms. The fourth-order valence-electron chi connectivity index (χ4n) is 9.10. The van der Waals surface area contributed by atoms with Crippen LogP contribution in [0.4, 0.5) is 0 Å². The Bertz CT molecular complexity index is 868. The normalized spacial score (nSPS) is 26.0. The lowest BCUT2D eigenvalue weighted by atomic mass is 9.80. The van der Waals surface area contributed by atoms with Crippen LogP contribution >= 0.6 is 0 Å². The van der Waals surface area contributed by atoms with E-state index >= 15 is 0 Å². The van der Waals surface area contributed by atoms with E-state index in [1.54, 1.807) is 0 Å². The monoisotopic (exact) mass is 649 g/mol. The fourth-order valence-corrected chi connectivity index (χ4v) is 9.10. The van der Waals surface area contributed by atoms with E-state index in [4.69, 9.17) is 19.1 Å². The lowest BCUT2D eigenvalue weighted by Gasteiger charge is -2.54. The van der Waals surface area contributed by atoms with Gasteiger partial charge in [0.05, 0.1) is 12.2 Å². The molecule has 0 aromatic rings. The van der Waals surface area contributed by atoms with Crippen molar-refractivity contribution >= 4 is 11.9 Å². The molecule has 0 aromatic carbocycles. The second kappa shape index (κ2) is 16.0. The smallest absolute Gasteiger partial charge is 0.306 e. The van der Waals surface area contributed by atoms with Crippen LogP contribution in [0.2, 0.25) is 0 Å². The molecule has 0 atom stereocenters. The first-order valence-electron chi connectivity index (χ1n) is 18.9. The Labute approximate surface area is 280 Å². The summed E-state index contributed by atoms with van der Waals surface area (Å²) in [7, 11) is 0. The minimum absolute atomic E-state index is 0.0735. The Morgan fingerprint density at radius 1 is 0.478 bits per heavy atom. The predicted octanol–water partition coefficient (Wildman–Crippen LogP) is 8.99. The van der Waals surface area contributed by atoms with Crippen molar-refractivity contribution in [3.8, 4) is 0 Å². The van der Waals surface area contributed by atoms with Gasteiger partial charge < -0.3 is 9.47 Å². The second-order valence-electron chi connectivity index (χ2n) is 17.5. The van der Waals surface area contributed by atoms with Gasteiger partial charge in [0, 0.05) is 60.7 Å². The van der Waals surface area contributed by atoms with E-state index in [-0.39, 0.29) is 46.3 Å². The first kappa shape index (κ1) is 37.6. The van der Waals surface area contributed by atoms with Crippen molar-refractivity contribution in [1.82, 2.24) is 10.1 Å². The molecule has 0 aromatic heterocycles. The summed E-state index contributed by atoms with van der Waals surface area (Å²) < 4.78 is 12.0. The van der Waals surface area contributed by atoms with Crippen molar-refractivity contribution < 1.29 is 28.7 Å². The van der Waals surface area contributed by atoms with Gasteiger partial charge in [-0.05, 0) is 93.9 Å². The molecule has 2 saturated heterocycles. The van der Waals surface area contributed by atoms with Gasteiger partial charge in [0.25, 0.3) is 0 Å². The Morgan fingerprint density at radius 2 is 0.761 bits per heavy atom. The highest BCUT2D eigenvalue weighted by atomic mass is 16.7. The molecule has 46 heavy (non-hydrogen) atoms. The van der Waals surface area contributed by atoms with Crippen LogP contribution in [0.25, 0.3) is 0 Å². The number of esters is 2. The maximum Gasteiger partial charge on any atom is 0.306 e. The van der Waals surface area contributed by atoms with Crippen molar-refractivity contribution in [2.75, 3.05) is 0 Å². The molecular weight excluding hydrogens is 580 g/mol. The predicted molar refractivity (Wildman–Crippen MR) is 182 cm³/mol. The molecule has 0 N–H and O–H groups in total. The van der Waals surface area contributed by atoms with Gasteiger partial charge in [-0.2, -0.15) is 10.1 Å². The molecule has 0 spiro atoms. The Morgan fingerprint density at radius 3 is 1.07 bits per heavy atom. The zero-order valence-corrected chi connectivity index (χ0v) is 30.8. The number of nitrogens with zero attached hydrogens (tertiary/aromatic N) is 2. The molecule has 4 fully saturated rings. The number of carbonyl (C=O) groups excluding carboxylic acids is 2. The molecule has 0 amide bonds. The molecule has 8 heteroatoms. The Balaban J connectivity index is 1.05. The third kappa shape index (κ3) is 10.6. The van der Waals surface area contributed by atoms with Crippen molar-refractivity contribution in [2.24, 2.45) is 0 Å². The van der Waals surface area contributed by atoms with Crippen LogP contribution in [0.3, 0.4) is 0 Å². The molecule has 2 heterocycles. The molecule has 2 saturated carbocycles. The van der Waals surface area contributed by atoms with Crippen LogP contribution < -0.4 is 0 Å². The average Bonchev–Trinajstić information content (AvgIpc) is 3.63. The molecular formula is C38H68N2O6. The summed E-state index contributed by atoms with van der Waals surface area (Å²) in [6.07, 6.45) is 20.1. The molecule has 0 unspecified atom stereocenters. The number of unbranched alkanes of at least 4 members (excludes halogenated alkanes) is 5. The first-order chi connectivity index (χ1) is 21.6. The van der Waals surface area contributed by atoms with Crippen molar-refractivity contribution in [3.63, 3.8) is 0 Å². The molecule has 0 radical (unpaired) electrons. The number of hydrogen-bond acceptors (Lipinski definition) is 8. The molecule has 2 aliphatic carbocycles. The molecule has 4 aliphatic rings. The van der Waals surface area contributed by atoms with Crippen LogP contribution in [-0.2, 0) is 28.7 Å². The number of rotatable bonds is 15. The maximum absolute atomic E-state index is 12.7. The topological polar surface area (TPSA) is 77.5 Å². The quantitative estimate of drug-likeness (QED) is 0.129. The van der Waals surface area contributed by atoms with Crippen LogP contribution in [0.15, 0.2) is 0 Å². The van der Waals surface area contributed by atoms with Gasteiger partial charge in [-0.15, -0.1) is 0 Å². The van der Waals surface area contributed by atoms with Gasteiger partial charge in [-0.3, -0.25) is 19.3 Å². The zero-order valence-electron chi connectivity index (χ0n) is 30.8. The average molecular weight is 649 g/mol. The van der Waals surface area contributed by atoms with E-state index in [0.717, 1.165) is 89.9 Å². The van der Waals surface area contributed by atoms with Crippen LogP contribution in [-0.4, -0.2) is 68.6 Å². The Hall–Kier alpha value is -1.22.